The van der Waals surface area contributed by atoms with Crippen LogP contribution in [-0.2, 0) is 0 Å². The third-order valence-electron chi connectivity index (χ3n) is 2.21. The number of hydrogen-bond acceptors (Lipinski definition) is 0. The van der Waals surface area contributed by atoms with E-state index in [2.05, 4.69) is 32.0 Å². The molecule has 0 spiro atoms. The van der Waals surface area contributed by atoms with Gasteiger partial charge in [-0.05, 0) is 61.4 Å². The topological polar surface area (TPSA) is 0 Å². The van der Waals surface area contributed by atoms with E-state index in [-0.39, 0.29) is 27.0 Å². The van der Waals surface area contributed by atoms with Gasteiger partial charge in [-0.15, -0.1) is 0 Å². The van der Waals surface area contributed by atoms with Crippen LogP contribution in [0.4, 0.5) is 4.39 Å². The minimum atomic E-state index is -0.184. The van der Waals surface area contributed by atoms with Gasteiger partial charge in [0.25, 0.3) is 0 Å². The summed E-state index contributed by atoms with van der Waals surface area (Å²) in [6.45, 7) is 4.23. The molecule has 2 heteroatoms. The Kier molecular flexibility index (Phi) is 3.59. The minimum absolute atomic E-state index is 0.159. The summed E-state index contributed by atoms with van der Waals surface area (Å²) >= 11 is -0.184. The molecule has 0 saturated heterocycles. The van der Waals surface area contributed by atoms with Crippen LogP contribution >= 0.6 is 0 Å². The molecule has 0 radical (unpaired) electrons. The van der Waals surface area contributed by atoms with Crippen molar-refractivity contribution in [1.82, 2.24) is 0 Å². The summed E-state index contributed by atoms with van der Waals surface area (Å²) in [5.74, 6) is -0.159. The smallest absolute Gasteiger partial charge is 0.207 e. The second-order valence-corrected chi connectivity index (χ2v) is 6.87. The van der Waals surface area contributed by atoms with Crippen LogP contribution < -0.4 is 21.2 Å². The molecule has 0 aliphatic carbocycles. The van der Waals surface area contributed by atoms with E-state index in [1.165, 1.54) is 30.4 Å². The Balaban J connectivity index is 2.23. The van der Waals surface area contributed by atoms with Crippen molar-refractivity contribution < 1.29 is 25.6 Å². The predicted molar refractivity (Wildman–Crippen MR) is 59.7 cm³/mol. The van der Waals surface area contributed by atoms with Crippen LogP contribution in [0.1, 0.15) is 11.1 Å². The maximum Gasteiger partial charge on any atom is 0.357 e. The Morgan fingerprint density at radius 1 is 0.812 bits per heavy atom. The molecule has 0 atom stereocenters. The van der Waals surface area contributed by atoms with Crippen LogP contribution in [0.2, 0.25) is 0 Å². The zero-order valence-electron chi connectivity index (χ0n) is 9.30. The SMILES string of the molecule is Cc1cc(C)cc([I+]c2ccc(F)cc2)c1. The van der Waals surface area contributed by atoms with Gasteiger partial charge in [-0.3, -0.25) is 0 Å². The van der Waals surface area contributed by atoms with Gasteiger partial charge in [-0.1, -0.05) is 6.07 Å². The molecular formula is C14H13FI+. The van der Waals surface area contributed by atoms with Gasteiger partial charge in [0.05, 0.1) is 0 Å². The lowest BCUT2D eigenvalue weighted by atomic mass is 10.2. The monoisotopic (exact) mass is 327 g/mol. The lowest BCUT2D eigenvalue weighted by Crippen LogP contribution is -3.61. The van der Waals surface area contributed by atoms with Crippen LogP contribution in [0, 0.1) is 26.8 Å². The Bertz CT molecular complexity index is 468. The Labute approximate surface area is 106 Å². The van der Waals surface area contributed by atoms with Crippen molar-refractivity contribution >= 4 is 0 Å². The summed E-state index contributed by atoms with van der Waals surface area (Å²) in [5, 5.41) is 0. The Morgan fingerprint density at radius 3 is 1.94 bits per heavy atom. The van der Waals surface area contributed by atoms with Gasteiger partial charge < -0.3 is 0 Å². The summed E-state index contributed by atoms with van der Waals surface area (Å²) in [5.41, 5.74) is 2.61. The molecular weight excluding hydrogens is 314 g/mol. The normalized spacial score (nSPS) is 10.4. The van der Waals surface area contributed by atoms with Crippen molar-refractivity contribution in [2.75, 3.05) is 0 Å². The fourth-order valence-corrected chi connectivity index (χ4v) is 4.32. The second kappa shape index (κ2) is 4.95. The van der Waals surface area contributed by atoms with E-state index in [4.69, 9.17) is 0 Å². The van der Waals surface area contributed by atoms with Crippen LogP contribution in [-0.4, -0.2) is 0 Å². The second-order valence-electron chi connectivity index (χ2n) is 3.84. The Hall–Kier alpha value is -0.900. The van der Waals surface area contributed by atoms with Gasteiger partial charge in [0, 0.05) is 0 Å². The summed E-state index contributed by atoms with van der Waals surface area (Å²) in [7, 11) is 0. The average molecular weight is 327 g/mol. The quantitative estimate of drug-likeness (QED) is 0.708. The maximum absolute atomic E-state index is 12.8. The molecule has 0 aliphatic heterocycles. The number of rotatable bonds is 2. The molecule has 2 aromatic rings. The van der Waals surface area contributed by atoms with Crippen LogP contribution in [0.15, 0.2) is 42.5 Å². The summed E-state index contributed by atoms with van der Waals surface area (Å²) in [6, 6.07) is 13.5. The van der Waals surface area contributed by atoms with E-state index < -0.39 is 0 Å². The fourth-order valence-electron chi connectivity index (χ4n) is 1.59. The summed E-state index contributed by atoms with van der Waals surface area (Å²) in [6.07, 6.45) is 0. The number of halogens is 2. The molecule has 0 nitrogen and oxygen atoms in total. The lowest BCUT2D eigenvalue weighted by molar-refractivity contribution is -0.597. The highest BCUT2D eigenvalue weighted by Crippen LogP contribution is 2.01. The van der Waals surface area contributed by atoms with E-state index >= 15 is 0 Å². The van der Waals surface area contributed by atoms with Crippen LogP contribution in [0.25, 0.3) is 0 Å². The molecule has 2 aromatic carbocycles. The molecule has 82 valence electrons. The minimum Gasteiger partial charge on any atom is -0.207 e. The number of aryl methyl sites for hydroxylation is 2. The van der Waals surface area contributed by atoms with Crippen LogP contribution in [0.3, 0.4) is 0 Å². The van der Waals surface area contributed by atoms with E-state index in [1.807, 2.05) is 12.1 Å². The summed E-state index contributed by atoms with van der Waals surface area (Å²) < 4.78 is 15.4. The van der Waals surface area contributed by atoms with Gasteiger partial charge in [-0.25, -0.2) is 4.39 Å². The third kappa shape index (κ3) is 3.04. The zero-order chi connectivity index (χ0) is 11.5. The van der Waals surface area contributed by atoms with Crippen molar-refractivity contribution in [2.24, 2.45) is 0 Å². The molecule has 0 saturated carbocycles. The lowest BCUT2D eigenvalue weighted by Gasteiger charge is -1.94. The molecule has 0 aliphatic rings. The van der Waals surface area contributed by atoms with Gasteiger partial charge in [-0.2, -0.15) is 0 Å². The molecule has 0 heterocycles. The van der Waals surface area contributed by atoms with Gasteiger partial charge in [0.2, 0.25) is 0 Å². The highest BCUT2D eigenvalue weighted by molar-refractivity contribution is 5.20. The highest BCUT2D eigenvalue weighted by Gasteiger charge is 2.15. The van der Waals surface area contributed by atoms with Crippen LogP contribution in [0.5, 0.6) is 0 Å². The first-order valence-electron chi connectivity index (χ1n) is 5.12. The van der Waals surface area contributed by atoms with Gasteiger partial charge in [0.1, 0.15) is 5.82 Å². The molecule has 16 heavy (non-hydrogen) atoms. The molecule has 0 amide bonds. The standard InChI is InChI=1S/C14H13FI/c1-10-7-11(2)9-14(8-10)16-13-5-3-12(15)4-6-13/h3-9H,1-2H3/q+1. The molecule has 0 unspecified atom stereocenters. The van der Waals surface area contributed by atoms with Gasteiger partial charge in [0.15, 0.2) is 7.14 Å². The number of hydrogen-bond donors (Lipinski definition) is 0. The van der Waals surface area contributed by atoms with E-state index in [1.54, 1.807) is 0 Å². The first kappa shape index (κ1) is 11.6. The van der Waals surface area contributed by atoms with Gasteiger partial charge >= 0.3 is 21.2 Å². The highest BCUT2D eigenvalue weighted by atomic mass is 127. The first-order chi connectivity index (χ1) is 7.63. The van der Waals surface area contributed by atoms with Crippen molar-refractivity contribution in [1.29, 1.82) is 0 Å². The largest absolute Gasteiger partial charge is 0.357 e. The summed E-state index contributed by atoms with van der Waals surface area (Å²) in [4.78, 5) is 0. The van der Waals surface area contributed by atoms with Crippen molar-refractivity contribution in [2.45, 2.75) is 13.8 Å². The van der Waals surface area contributed by atoms with Crippen molar-refractivity contribution in [3.8, 4) is 0 Å². The molecule has 2 rings (SSSR count). The van der Waals surface area contributed by atoms with E-state index in [0.29, 0.717) is 0 Å². The molecule has 0 N–H and O–H groups in total. The zero-order valence-corrected chi connectivity index (χ0v) is 11.5. The fraction of sp³-hybridized carbons (Fsp3) is 0.143. The van der Waals surface area contributed by atoms with E-state index in [0.717, 1.165) is 0 Å². The maximum atomic E-state index is 12.8. The average Bonchev–Trinajstić information content (AvgIpc) is 2.20. The molecule has 0 fully saturated rings. The Morgan fingerprint density at radius 2 is 1.38 bits per heavy atom. The van der Waals surface area contributed by atoms with Crippen molar-refractivity contribution in [3.05, 3.63) is 66.5 Å². The van der Waals surface area contributed by atoms with Crippen molar-refractivity contribution in [3.63, 3.8) is 0 Å². The third-order valence-corrected chi connectivity index (χ3v) is 4.80. The molecule has 0 aromatic heterocycles. The predicted octanol–water partition coefficient (Wildman–Crippen LogP) is 0.571. The van der Waals surface area contributed by atoms with E-state index in [9.17, 15) is 4.39 Å². The molecule has 0 bridgehead atoms. The number of benzene rings is 2. The first-order valence-corrected chi connectivity index (χ1v) is 7.28.